The molecule has 1 N–H and O–H groups in total. The van der Waals surface area contributed by atoms with E-state index >= 15 is 0 Å². The lowest BCUT2D eigenvalue weighted by Crippen LogP contribution is -2.42. The molecule has 1 atom stereocenters. The summed E-state index contributed by atoms with van der Waals surface area (Å²) in [6.07, 6.45) is 12.4. The molecule has 1 amide bonds. The number of piperidine rings is 1. The third-order valence-electron chi connectivity index (χ3n) is 6.81. The van der Waals surface area contributed by atoms with Crippen LogP contribution in [0.5, 0.6) is 0 Å². The van der Waals surface area contributed by atoms with Gasteiger partial charge in [0.25, 0.3) is 5.91 Å². The van der Waals surface area contributed by atoms with Crippen LogP contribution in [0.4, 0.5) is 5.69 Å². The fourth-order valence-corrected chi connectivity index (χ4v) is 4.95. The molecule has 0 spiro atoms. The molecule has 1 aliphatic carbocycles. The molecule has 2 heterocycles. The van der Waals surface area contributed by atoms with Gasteiger partial charge in [-0.05, 0) is 67.5 Å². The smallest absolute Gasteiger partial charge is 0.253 e. The Balaban J connectivity index is 1.33. The van der Waals surface area contributed by atoms with Crippen molar-refractivity contribution in [3.63, 3.8) is 0 Å². The van der Waals surface area contributed by atoms with Gasteiger partial charge in [-0.2, -0.15) is 5.26 Å². The van der Waals surface area contributed by atoms with E-state index < -0.39 is 0 Å². The van der Waals surface area contributed by atoms with Crippen LogP contribution in [0.1, 0.15) is 46.7 Å². The molecule has 1 aliphatic heterocycles. The summed E-state index contributed by atoms with van der Waals surface area (Å²) in [6.45, 7) is 3.49. The molecule has 2 aromatic carbocycles. The number of nitrogens with zero attached hydrogens (tertiary/aromatic N) is 3. The number of pyridine rings is 1. The SMILES string of the molecule is Cc1cccc(C(=O)N2CCC(Nc3cc(C4C=C(C#N)C=CC4)cc4ccncc34)CC2)c1. The van der Waals surface area contributed by atoms with E-state index in [1.54, 1.807) is 0 Å². The number of aromatic nitrogens is 1. The number of carbonyl (C=O) groups excluding carboxylic acids is 1. The number of hydrogen-bond acceptors (Lipinski definition) is 4. The lowest BCUT2D eigenvalue weighted by Gasteiger charge is -2.33. The Labute approximate surface area is 200 Å². The second kappa shape index (κ2) is 9.52. The molecule has 5 heteroatoms. The number of nitriles is 1. The van der Waals surface area contributed by atoms with Crippen LogP contribution in [0.25, 0.3) is 10.8 Å². The molecule has 0 saturated carbocycles. The summed E-state index contributed by atoms with van der Waals surface area (Å²) in [6, 6.07) is 16.8. The molecule has 170 valence electrons. The van der Waals surface area contributed by atoms with Gasteiger partial charge in [0.1, 0.15) is 0 Å². The van der Waals surface area contributed by atoms with Crippen molar-refractivity contribution in [1.82, 2.24) is 9.88 Å². The average molecular weight is 449 g/mol. The van der Waals surface area contributed by atoms with Gasteiger partial charge in [-0.25, -0.2) is 0 Å². The second-order valence-electron chi connectivity index (χ2n) is 9.22. The highest BCUT2D eigenvalue weighted by molar-refractivity contribution is 5.95. The predicted molar refractivity (Wildman–Crippen MR) is 136 cm³/mol. The Hall–Kier alpha value is -3.91. The van der Waals surface area contributed by atoms with Crippen LogP contribution in [0.3, 0.4) is 0 Å². The number of nitrogens with one attached hydrogen (secondary N) is 1. The van der Waals surface area contributed by atoms with E-state index in [2.05, 4.69) is 40.7 Å². The normalized spacial score (nSPS) is 18.4. The van der Waals surface area contributed by atoms with Gasteiger partial charge in [-0.1, -0.05) is 35.9 Å². The quantitative estimate of drug-likeness (QED) is 0.551. The predicted octanol–water partition coefficient (Wildman–Crippen LogP) is 5.75. The van der Waals surface area contributed by atoms with E-state index in [0.717, 1.165) is 59.9 Å². The Morgan fingerprint density at radius 2 is 2.03 bits per heavy atom. The van der Waals surface area contributed by atoms with Crippen LogP contribution in [0, 0.1) is 18.3 Å². The van der Waals surface area contributed by atoms with Gasteiger partial charge in [0.05, 0.1) is 6.07 Å². The first-order valence-corrected chi connectivity index (χ1v) is 11.9. The maximum Gasteiger partial charge on any atom is 0.253 e. The molecule has 0 radical (unpaired) electrons. The van der Waals surface area contributed by atoms with Gasteiger partial charge in [-0.3, -0.25) is 9.78 Å². The van der Waals surface area contributed by atoms with Crippen molar-refractivity contribution in [2.45, 2.75) is 38.1 Å². The van der Waals surface area contributed by atoms with Crippen LogP contribution in [-0.2, 0) is 0 Å². The summed E-state index contributed by atoms with van der Waals surface area (Å²) in [5, 5.41) is 15.3. The first-order chi connectivity index (χ1) is 16.6. The Morgan fingerprint density at radius 1 is 1.18 bits per heavy atom. The lowest BCUT2D eigenvalue weighted by atomic mass is 9.88. The number of aryl methyl sites for hydroxylation is 1. The number of rotatable bonds is 4. The van der Waals surface area contributed by atoms with E-state index in [-0.39, 0.29) is 17.9 Å². The molecule has 2 aliphatic rings. The number of hydrogen-bond donors (Lipinski definition) is 1. The molecule has 1 aromatic heterocycles. The highest BCUT2D eigenvalue weighted by atomic mass is 16.2. The van der Waals surface area contributed by atoms with Gasteiger partial charge in [0.2, 0.25) is 0 Å². The zero-order chi connectivity index (χ0) is 23.5. The van der Waals surface area contributed by atoms with Crippen molar-refractivity contribution < 1.29 is 4.79 Å². The number of carbonyl (C=O) groups is 1. The van der Waals surface area contributed by atoms with E-state index in [1.807, 2.05) is 60.6 Å². The van der Waals surface area contributed by atoms with Gasteiger partial charge >= 0.3 is 0 Å². The van der Waals surface area contributed by atoms with Crippen molar-refractivity contribution >= 4 is 22.4 Å². The van der Waals surface area contributed by atoms with Gasteiger partial charge in [-0.15, -0.1) is 0 Å². The summed E-state index contributed by atoms with van der Waals surface area (Å²) >= 11 is 0. The summed E-state index contributed by atoms with van der Waals surface area (Å²) in [5.74, 6) is 0.302. The van der Waals surface area contributed by atoms with Crippen LogP contribution >= 0.6 is 0 Å². The third-order valence-corrected chi connectivity index (χ3v) is 6.81. The molecule has 5 rings (SSSR count). The number of fused-ring (bicyclic) bond motifs is 1. The standard InChI is InChI=1S/C29H28N4O/c1-20-4-2-7-24(14-20)29(34)33-12-9-26(10-13-33)32-28-17-25(16-23-8-11-31-19-27(23)28)22-6-3-5-21(15-22)18-30/h2-5,7-8,11,14-17,19,22,26,32H,6,9-10,12-13H2,1H3. The number of benzene rings is 2. The van der Waals surface area contributed by atoms with Crippen molar-refractivity contribution in [2.24, 2.45) is 0 Å². The minimum absolute atomic E-state index is 0.115. The average Bonchev–Trinajstić information content (AvgIpc) is 2.88. The fourth-order valence-electron chi connectivity index (χ4n) is 4.95. The zero-order valence-corrected chi connectivity index (χ0v) is 19.4. The Morgan fingerprint density at radius 3 is 2.82 bits per heavy atom. The molecule has 34 heavy (non-hydrogen) atoms. The molecule has 1 saturated heterocycles. The van der Waals surface area contributed by atoms with Crippen molar-refractivity contribution in [3.05, 3.63) is 95.3 Å². The highest BCUT2D eigenvalue weighted by Gasteiger charge is 2.24. The van der Waals surface area contributed by atoms with Crippen molar-refractivity contribution in [2.75, 3.05) is 18.4 Å². The number of amides is 1. The molecular formula is C29H28N4O. The topological polar surface area (TPSA) is 69.0 Å². The maximum absolute atomic E-state index is 12.9. The van der Waals surface area contributed by atoms with Crippen LogP contribution in [0.2, 0.25) is 0 Å². The van der Waals surface area contributed by atoms with Crippen LogP contribution < -0.4 is 5.32 Å². The fraction of sp³-hybridized carbons (Fsp3) is 0.276. The van der Waals surface area contributed by atoms with E-state index in [1.165, 1.54) is 5.56 Å². The lowest BCUT2D eigenvalue weighted by molar-refractivity contribution is 0.0718. The molecule has 3 aromatic rings. The monoisotopic (exact) mass is 448 g/mol. The number of anilines is 1. The van der Waals surface area contributed by atoms with E-state index in [9.17, 15) is 10.1 Å². The third kappa shape index (κ3) is 4.58. The molecule has 1 unspecified atom stereocenters. The second-order valence-corrected chi connectivity index (χ2v) is 9.22. The summed E-state index contributed by atoms with van der Waals surface area (Å²) in [4.78, 5) is 19.2. The highest BCUT2D eigenvalue weighted by Crippen LogP contribution is 2.34. The first kappa shape index (κ1) is 21.9. The molecule has 0 bridgehead atoms. The number of allylic oxidation sites excluding steroid dienone is 4. The molecular weight excluding hydrogens is 420 g/mol. The van der Waals surface area contributed by atoms with Crippen LogP contribution in [0.15, 0.2) is 78.7 Å². The molecule has 5 nitrogen and oxygen atoms in total. The summed E-state index contributed by atoms with van der Waals surface area (Å²) in [7, 11) is 0. The van der Waals surface area contributed by atoms with Crippen molar-refractivity contribution in [1.29, 1.82) is 5.26 Å². The van der Waals surface area contributed by atoms with Gasteiger partial charge in [0, 0.05) is 59.7 Å². The Kier molecular flexibility index (Phi) is 6.14. The van der Waals surface area contributed by atoms with Gasteiger partial charge in [0.15, 0.2) is 0 Å². The summed E-state index contributed by atoms with van der Waals surface area (Å²) < 4.78 is 0. The minimum Gasteiger partial charge on any atom is -0.382 e. The molecule has 1 fully saturated rings. The Bertz CT molecular complexity index is 1330. The minimum atomic E-state index is 0.115. The maximum atomic E-state index is 12.9. The zero-order valence-electron chi connectivity index (χ0n) is 19.4. The van der Waals surface area contributed by atoms with Gasteiger partial charge < -0.3 is 10.2 Å². The van der Waals surface area contributed by atoms with E-state index in [0.29, 0.717) is 5.57 Å². The summed E-state index contributed by atoms with van der Waals surface area (Å²) in [5.41, 5.74) is 4.86. The van der Waals surface area contributed by atoms with E-state index in [4.69, 9.17) is 0 Å². The van der Waals surface area contributed by atoms with Crippen molar-refractivity contribution in [3.8, 4) is 6.07 Å². The number of likely N-dealkylation sites (tertiary alicyclic amines) is 1. The first-order valence-electron chi connectivity index (χ1n) is 11.9. The van der Waals surface area contributed by atoms with Crippen LogP contribution in [-0.4, -0.2) is 34.9 Å². The largest absolute Gasteiger partial charge is 0.382 e.